The number of hydrogen-bond donors (Lipinski definition) is 2. The third-order valence-corrected chi connectivity index (χ3v) is 6.74. The first-order valence-electron chi connectivity index (χ1n) is 11.0. The first-order valence-corrected chi connectivity index (χ1v) is 11.8. The van der Waals surface area contributed by atoms with Crippen LogP contribution in [0.2, 0.25) is 0 Å². The van der Waals surface area contributed by atoms with Crippen molar-refractivity contribution in [1.29, 1.82) is 0 Å². The zero-order chi connectivity index (χ0) is 24.1. The van der Waals surface area contributed by atoms with E-state index in [-0.39, 0.29) is 37.9 Å². The molecule has 2 amide bonds. The topological polar surface area (TPSA) is 109 Å². The van der Waals surface area contributed by atoms with Crippen molar-refractivity contribution in [3.05, 3.63) is 75.7 Å². The normalized spacial score (nSPS) is 12.0. The zero-order valence-corrected chi connectivity index (χ0v) is 19.5. The van der Waals surface area contributed by atoms with Gasteiger partial charge in [0.1, 0.15) is 16.5 Å². The van der Waals surface area contributed by atoms with Gasteiger partial charge in [0.25, 0.3) is 5.91 Å². The van der Waals surface area contributed by atoms with E-state index in [0.717, 1.165) is 22.3 Å². The van der Waals surface area contributed by atoms with E-state index >= 15 is 0 Å². The van der Waals surface area contributed by atoms with Crippen LogP contribution in [0, 0.1) is 0 Å². The Balaban J connectivity index is 1.31. The predicted molar refractivity (Wildman–Crippen MR) is 128 cm³/mol. The molecule has 0 bridgehead atoms. The van der Waals surface area contributed by atoms with Crippen molar-refractivity contribution in [2.45, 2.75) is 25.8 Å². The standard InChI is InChI=1S/C25H25N3O5S/c1-2-28(12-11-23(29)30)24(31)21-13-26-22(34-21)14-27-25(32)33-15-20-18-9-5-3-7-16(18)17-8-4-6-10-19(17)20/h3-10,13,20H,2,11-12,14-15H2,1H3,(H,27,32)(H,29,30). The number of aliphatic carboxylic acids is 1. The molecule has 1 heterocycles. The molecule has 3 aromatic rings. The van der Waals surface area contributed by atoms with Crippen molar-refractivity contribution in [1.82, 2.24) is 15.2 Å². The highest BCUT2D eigenvalue weighted by Crippen LogP contribution is 2.44. The average molecular weight is 480 g/mol. The first kappa shape index (κ1) is 23.4. The Kier molecular flexibility index (Phi) is 7.22. The molecule has 0 spiro atoms. The number of carbonyl (C=O) groups excluding carboxylic acids is 2. The Hall–Kier alpha value is -3.72. The summed E-state index contributed by atoms with van der Waals surface area (Å²) in [6, 6.07) is 16.3. The summed E-state index contributed by atoms with van der Waals surface area (Å²) in [6.45, 7) is 2.68. The Morgan fingerprint density at radius 2 is 1.74 bits per heavy atom. The highest BCUT2D eigenvalue weighted by Gasteiger charge is 2.29. The van der Waals surface area contributed by atoms with Crippen LogP contribution < -0.4 is 5.32 Å². The molecule has 2 N–H and O–H groups in total. The number of amides is 2. The van der Waals surface area contributed by atoms with Gasteiger partial charge in [-0.05, 0) is 29.2 Å². The minimum absolute atomic E-state index is 0.0203. The lowest BCUT2D eigenvalue weighted by molar-refractivity contribution is -0.137. The third-order valence-electron chi connectivity index (χ3n) is 5.76. The molecule has 0 saturated heterocycles. The fraction of sp³-hybridized carbons (Fsp3) is 0.280. The van der Waals surface area contributed by atoms with Crippen LogP contribution in [0.25, 0.3) is 11.1 Å². The largest absolute Gasteiger partial charge is 0.481 e. The summed E-state index contributed by atoms with van der Waals surface area (Å²) in [5.41, 5.74) is 4.61. The number of thiazole rings is 1. The quantitative estimate of drug-likeness (QED) is 0.478. The van der Waals surface area contributed by atoms with E-state index in [2.05, 4.69) is 34.6 Å². The average Bonchev–Trinajstić information content (AvgIpc) is 3.44. The molecule has 0 saturated carbocycles. The lowest BCUT2D eigenvalue weighted by Gasteiger charge is -2.18. The highest BCUT2D eigenvalue weighted by molar-refractivity contribution is 7.13. The molecule has 0 radical (unpaired) electrons. The van der Waals surface area contributed by atoms with Gasteiger partial charge in [-0.2, -0.15) is 0 Å². The molecule has 9 heteroatoms. The van der Waals surface area contributed by atoms with Crippen LogP contribution in [0.1, 0.15) is 45.1 Å². The summed E-state index contributed by atoms with van der Waals surface area (Å²) >= 11 is 1.17. The molecule has 176 valence electrons. The number of aromatic nitrogens is 1. The Labute approximate surface area is 201 Å². The molecule has 0 fully saturated rings. The van der Waals surface area contributed by atoms with Gasteiger partial charge in [0.2, 0.25) is 0 Å². The van der Waals surface area contributed by atoms with Crippen molar-refractivity contribution in [2.24, 2.45) is 0 Å². The van der Waals surface area contributed by atoms with E-state index in [1.165, 1.54) is 22.4 Å². The van der Waals surface area contributed by atoms with Crippen molar-refractivity contribution < 1.29 is 24.2 Å². The van der Waals surface area contributed by atoms with Gasteiger partial charge in [-0.15, -0.1) is 11.3 Å². The fourth-order valence-electron chi connectivity index (χ4n) is 4.08. The van der Waals surface area contributed by atoms with Crippen molar-refractivity contribution >= 4 is 29.3 Å². The number of rotatable bonds is 9. The van der Waals surface area contributed by atoms with Crippen LogP contribution in [-0.2, 0) is 16.1 Å². The molecular formula is C25H25N3O5S. The van der Waals surface area contributed by atoms with Gasteiger partial charge >= 0.3 is 12.1 Å². The molecular weight excluding hydrogens is 454 g/mol. The van der Waals surface area contributed by atoms with Gasteiger partial charge in [-0.25, -0.2) is 9.78 Å². The minimum atomic E-state index is -0.955. The molecule has 8 nitrogen and oxygen atoms in total. The van der Waals surface area contributed by atoms with Gasteiger partial charge in [-0.1, -0.05) is 48.5 Å². The molecule has 0 atom stereocenters. The Bertz CT molecular complexity index is 1160. The molecule has 2 aromatic carbocycles. The summed E-state index contributed by atoms with van der Waals surface area (Å²) in [5, 5.41) is 12.1. The Morgan fingerprint density at radius 3 is 2.35 bits per heavy atom. The van der Waals surface area contributed by atoms with Gasteiger partial charge in [-0.3, -0.25) is 9.59 Å². The molecule has 1 aromatic heterocycles. The zero-order valence-electron chi connectivity index (χ0n) is 18.7. The first-order chi connectivity index (χ1) is 16.5. The second kappa shape index (κ2) is 10.5. The summed E-state index contributed by atoms with van der Waals surface area (Å²) in [4.78, 5) is 41.8. The summed E-state index contributed by atoms with van der Waals surface area (Å²) in [6.07, 6.45) is 0.779. The van der Waals surface area contributed by atoms with Crippen molar-refractivity contribution in [3.8, 4) is 11.1 Å². The minimum Gasteiger partial charge on any atom is -0.481 e. The van der Waals surface area contributed by atoms with Crippen LogP contribution in [0.3, 0.4) is 0 Å². The third kappa shape index (κ3) is 5.09. The molecule has 4 rings (SSSR count). The number of ether oxygens (including phenoxy) is 1. The number of carbonyl (C=O) groups is 3. The highest BCUT2D eigenvalue weighted by atomic mass is 32.1. The van der Waals surface area contributed by atoms with E-state index in [9.17, 15) is 14.4 Å². The summed E-state index contributed by atoms with van der Waals surface area (Å²) in [7, 11) is 0. The number of benzene rings is 2. The van der Waals surface area contributed by atoms with E-state index in [1.807, 2.05) is 24.3 Å². The second-order valence-electron chi connectivity index (χ2n) is 7.83. The summed E-state index contributed by atoms with van der Waals surface area (Å²) < 4.78 is 5.52. The maximum absolute atomic E-state index is 12.6. The van der Waals surface area contributed by atoms with Crippen LogP contribution in [0.4, 0.5) is 4.79 Å². The monoisotopic (exact) mass is 479 g/mol. The summed E-state index contributed by atoms with van der Waals surface area (Å²) in [5.74, 6) is -1.25. The van der Waals surface area contributed by atoms with Crippen LogP contribution in [0.15, 0.2) is 54.7 Å². The molecule has 0 aliphatic heterocycles. The van der Waals surface area contributed by atoms with Crippen LogP contribution in [-0.4, -0.2) is 52.7 Å². The molecule has 34 heavy (non-hydrogen) atoms. The molecule has 1 aliphatic carbocycles. The number of nitrogens with one attached hydrogen (secondary N) is 1. The predicted octanol–water partition coefficient (Wildman–Crippen LogP) is 4.12. The smallest absolute Gasteiger partial charge is 0.407 e. The van der Waals surface area contributed by atoms with Gasteiger partial charge in [0.15, 0.2) is 0 Å². The number of carboxylic acid groups (broad SMARTS) is 1. The number of nitrogens with zero attached hydrogens (tertiary/aromatic N) is 2. The van der Waals surface area contributed by atoms with E-state index in [0.29, 0.717) is 16.4 Å². The molecule has 1 aliphatic rings. The molecule has 0 unspecified atom stereocenters. The lowest BCUT2D eigenvalue weighted by Crippen LogP contribution is -2.32. The van der Waals surface area contributed by atoms with E-state index < -0.39 is 12.1 Å². The maximum atomic E-state index is 12.6. The lowest BCUT2D eigenvalue weighted by atomic mass is 9.98. The number of carboxylic acids is 1. The van der Waals surface area contributed by atoms with Gasteiger partial charge in [0.05, 0.1) is 19.2 Å². The fourth-order valence-corrected chi connectivity index (χ4v) is 4.90. The van der Waals surface area contributed by atoms with Crippen molar-refractivity contribution in [2.75, 3.05) is 19.7 Å². The van der Waals surface area contributed by atoms with Crippen LogP contribution in [0.5, 0.6) is 0 Å². The SMILES string of the molecule is CCN(CCC(=O)O)C(=O)c1cnc(CNC(=O)OCC2c3ccccc3-c3ccccc32)s1. The second-order valence-corrected chi connectivity index (χ2v) is 8.94. The van der Waals surface area contributed by atoms with Gasteiger partial charge < -0.3 is 20.1 Å². The number of alkyl carbamates (subject to hydrolysis) is 1. The van der Waals surface area contributed by atoms with E-state index in [1.54, 1.807) is 6.92 Å². The van der Waals surface area contributed by atoms with Crippen LogP contribution >= 0.6 is 11.3 Å². The maximum Gasteiger partial charge on any atom is 0.407 e. The number of fused-ring (bicyclic) bond motifs is 3. The number of hydrogen-bond acceptors (Lipinski definition) is 6. The van der Waals surface area contributed by atoms with Gasteiger partial charge in [0, 0.05) is 19.0 Å². The van der Waals surface area contributed by atoms with E-state index in [4.69, 9.17) is 9.84 Å². The Morgan fingerprint density at radius 1 is 1.09 bits per heavy atom. The van der Waals surface area contributed by atoms with Crippen molar-refractivity contribution in [3.63, 3.8) is 0 Å².